The molecule has 4 heterocycles. The summed E-state index contributed by atoms with van der Waals surface area (Å²) in [7, 11) is 0. The maximum atomic E-state index is 11.8. The van der Waals surface area contributed by atoms with Crippen molar-refractivity contribution in [3.63, 3.8) is 0 Å². The Balaban J connectivity index is 1.87. The number of hydrogen-bond donors (Lipinski definition) is 4. The van der Waals surface area contributed by atoms with Gasteiger partial charge in [-0.25, -0.2) is 4.98 Å². The lowest BCUT2D eigenvalue weighted by molar-refractivity contribution is -0.189. The van der Waals surface area contributed by atoms with Gasteiger partial charge in [-0.3, -0.25) is 14.3 Å². The zero-order valence-corrected chi connectivity index (χ0v) is 11.7. The first kappa shape index (κ1) is 13.6. The Bertz CT molecular complexity index is 814. The minimum atomic E-state index is -1.38. The van der Waals surface area contributed by atoms with Gasteiger partial charge in [-0.05, 0) is 6.92 Å². The summed E-state index contributed by atoms with van der Waals surface area (Å²) >= 11 is 0. The number of fused-ring (bicyclic) bond motifs is 3. The molecule has 0 saturated carbocycles. The minimum absolute atomic E-state index is 0.0491. The number of anilines is 1. The second-order valence-corrected chi connectivity index (χ2v) is 5.82. The van der Waals surface area contributed by atoms with E-state index in [0.29, 0.717) is 0 Å². The van der Waals surface area contributed by atoms with Crippen LogP contribution in [0.3, 0.4) is 0 Å². The van der Waals surface area contributed by atoms with Crippen molar-refractivity contribution in [2.75, 3.05) is 18.9 Å². The molecule has 22 heavy (non-hydrogen) atoms. The van der Waals surface area contributed by atoms with Gasteiger partial charge in [-0.2, -0.15) is 4.98 Å². The number of ether oxygens (including phenoxy) is 2. The summed E-state index contributed by atoms with van der Waals surface area (Å²) < 4.78 is 12.9. The van der Waals surface area contributed by atoms with Crippen molar-refractivity contribution < 1.29 is 19.7 Å². The number of aliphatic hydroxyl groups excluding tert-OH is 1. The van der Waals surface area contributed by atoms with Crippen LogP contribution in [0.25, 0.3) is 11.2 Å². The first-order valence-corrected chi connectivity index (χ1v) is 6.74. The van der Waals surface area contributed by atoms with Crippen LogP contribution >= 0.6 is 0 Å². The quantitative estimate of drug-likeness (QED) is 0.503. The molecule has 5 N–H and O–H groups in total. The van der Waals surface area contributed by atoms with E-state index in [0.717, 1.165) is 0 Å². The van der Waals surface area contributed by atoms with Gasteiger partial charge in [0.2, 0.25) is 5.95 Å². The van der Waals surface area contributed by atoms with Crippen LogP contribution in [0.4, 0.5) is 5.95 Å². The summed E-state index contributed by atoms with van der Waals surface area (Å²) in [6, 6.07) is 0. The Morgan fingerprint density at radius 2 is 2.41 bits per heavy atom. The fraction of sp³-hybridized carbons (Fsp3) is 0.583. The van der Waals surface area contributed by atoms with Gasteiger partial charge >= 0.3 is 0 Å². The van der Waals surface area contributed by atoms with Crippen molar-refractivity contribution in [2.45, 2.75) is 30.5 Å². The van der Waals surface area contributed by atoms with E-state index in [1.165, 1.54) is 10.9 Å². The Morgan fingerprint density at radius 1 is 1.64 bits per heavy atom. The minimum Gasteiger partial charge on any atom is -0.393 e. The molecule has 0 amide bonds. The Hall–Kier alpha value is -2.01. The largest absolute Gasteiger partial charge is 0.393 e. The summed E-state index contributed by atoms with van der Waals surface area (Å²) in [4.78, 5) is 22.3. The fourth-order valence-corrected chi connectivity index (χ4v) is 3.17. The molecule has 2 aromatic heterocycles. The van der Waals surface area contributed by atoms with E-state index in [-0.39, 0.29) is 23.7 Å². The van der Waals surface area contributed by atoms with Crippen molar-refractivity contribution >= 4 is 17.1 Å². The van der Waals surface area contributed by atoms with Crippen molar-refractivity contribution in [3.8, 4) is 0 Å². The average molecular weight is 309 g/mol. The second kappa shape index (κ2) is 4.04. The first-order chi connectivity index (χ1) is 10.4. The predicted octanol–water partition coefficient (Wildman–Crippen LogP) is -1.89. The van der Waals surface area contributed by atoms with E-state index in [2.05, 4.69) is 15.0 Å². The Morgan fingerprint density at radius 3 is 3.09 bits per heavy atom. The first-order valence-electron chi connectivity index (χ1n) is 6.74. The molecule has 0 aliphatic carbocycles. The van der Waals surface area contributed by atoms with Crippen LogP contribution < -0.4 is 11.3 Å². The molecule has 4 unspecified atom stereocenters. The van der Waals surface area contributed by atoms with Gasteiger partial charge < -0.3 is 25.4 Å². The highest BCUT2D eigenvalue weighted by Gasteiger charge is 2.69. The Labute approximate surface area is 123 Å². The molecule has 2 saturated heterocycles. The van der Waals surface area contributed by atoms with Crippen LogP contribution in [0.1, 0.15) is 13.2 Å². The van der Waals surface area contributed by atoms with Gasteiger partial charge in [0.15, 0.2) is 17.4 Å². The highest BCUT2D eigenvalue weighted by atomic mass is 16.7. The van der Waals surface area contributed by atoms with Crippen molar-refractivity contribution in [1.82, 2.24) is 19.5 Å². The molecular formula is C12H15N5O5. The van der Waals surface area contributed by atoms with Gasteiger partial charge in [0.25, 0.3) is 5.56 Å². The molecule has 10 nitrogen and oxygen atoms in total. The topological polar surface area (TPSA) is 149 Å². The van der Waals surface area contributed by atoms with E-state index < -0.39 is 35.7 Å². The lowest BCUT2D eigenvalue weighted by Crippen LogP contribution is -2.52. The maximum Gasteiger partial charge on any atom is 0.280 e. The second-order valence-electron chi connectivity index (χ2n) is 5.82. The van der Waals surface area contributed by atoms with Crippen LogP contribution in [0.5, 0.6) is 0 Å². The summed E-state index contributed by atoms with van der Waals surface area (Å²) in [5, 5.41) is 20.3. The summed E-state index contributed by atoms with van der Waals surface area (Å²) in [6.45, 7) is 1.24. The molecule has 0 radical (unpaired) electrons. The molecule has 10 heteroatoms. The number of hydrogen-bond acceptors (Lipinski definition) is 8. The monoisotopic (exact) mass is 309 g/mol. The highest BCUT2D eigenvalue weighted by Crippen LogP contribution is 2.51. The zero-order chi connectivity index (χ0) is 15.7. The molecule has 4 atom stereocenters. The number of nitrogens with two attached hydrogens (primary N) is 1. The maximum absolute atomic E-state index is 11.8. The van der Waals surface area contributed by atoms with Gasteiger partial charge in [0.1, 0.15) is 17.3 Å². The van der Waals surface area contributed by atoms with Crippen LogP contribution in [-0.4, -0.2) is 60.3 Å². The predicted molar refractivity (Wildman–Crippen MR) is 72.9 cm³/mol. The SMILES string of the molecule is CC1(O)C2OCC1(CO)OC2n1cnc2c(=O)[nH]c(N)nc21. The molecule has 0 spiro atoms. The molecule has 2 aromatic rings. The number of nitrogen functional groups attached to an aromatic ring is 1. The molecule has 118 valence electrons. The fourth-order valence-electron chi connectivity index (χ4n) is 3.17. The number of aromatic amines is 1. The summed E-state index contributed by atoms with van der Waals surface area (Å²) in [5.41, 5.74) is 2.84. The van der Waals surface area contributed by atoms with Crippen molar-refractivity contribution in [3.05, 3.63) is 16.7 Å². The van der Waals surface area contributed by atoms with E-state index >= 15 is 0 Å². The number of aromatic nitrogens is 4. The van der Waals surface area contributed by atoms with Crippen molar-refractivity contribution in [2.24, 2.45) is 0 Å². The zero-order valence-electron chi connectivity index (χ0n) is 11.7. The normalized spacial score (nSPS) is 37.2. The third kappa shape index (κ3) is 1.44. The summed E-state index contributed by atoms with van der Waals surface area (Å²) in [6.07, 6.45) is -0.114. The molecule has 4 rings (SSSR count). The standard InChI is InChI=1S/C12H15N5O5/c1-11(20)6-9(22-12(11,2-18)3-21-6)17-4-14-5-7(17)15-10(13)16-8(5)19/h4,6,9,18,20H,2-3H2,1H3,(H3,13,15,16,19). The lowest BCUT2D eigenvalue weighted by atomic mass is 9.86. The van der Waals surface area contributed by atoms with Crippen LogP contribution in [-0.2, 0) is 9.47 Å². The van der Waals surface area contributed by atoms with Crippen LogP contribution in [0.2, 0.25) is 0 Å². The molecule has 2 bridgehead atoms. The highest BCUT2D eigenvalue weighted by molar-refractivity contribution is 5.70. The van der Waals surface area contributed by atoms with E-state index in [4.69, 9.17) is 15.2 Å². The third-order valence-corrected chi connectivity index (χ3v) is 4.56. The van der Waals surface area contributed by atoms with E-state index in [9.17, 15) is 15.0 Å². The van der Waals surface area contributed by atoms with E-state index in [1.54, 1.807) is 6.92 Å². The molecule has 2 aliphatic heterocycles. The smallest absolute Gasteiger partial charge is 0.280 e. The molecule has 2 aliphatic rings. The number of imidazole rings is 1. The Kier molecular flexibility index (Phi) is 2.51. The van der Waals surface area contributed by atoms with Gasteiger partial charge in [-0.15, -0.1) is 0 Å². The van der Waals surface area contributed by atoms with Gasteiger partial charge in [0, 0.05) is 0 Å². The van der Waals surface area contributed by atoms with Gasteiger partial charge in [0.05, 0.1) is 19.5 Å². The third-order valence-electron chi connectivity index (χ3n) is 4.56. The van der Waals surface area contributed by atoms with Crippen LogP contribution in [0.15, 0.2) is 11.1 Å². The number of H-pyrrole nitrogens is 1. The van der Waals surface area contributed by atoms with Crippen molar-refractivity contribution in [1.29, 1.82) is 0 Å². The van der Waals surface area contributed by atoms with Crippen LogP contribution in [0, 0.1) is 0 Å². The molecule has 0 aromatic carbocycles. The lowest BCUT2D eigenvalue weighted by Gasteiger charge is -2.31. The molecular weight excluding hydrogens is 294 g/mol. The van der Waals surface area contributed by atoms with Gasteiger partial charge in [-0.1, -0.05) is 0 Å². The average Bonchev–Trinajstić information content (AvgIpc) is 3.06. The van der Waals surface area contributed by atoms with E-state index in [1.807, 2.05) is 0 Å². The molecule has 2 fully saturated rings. The number of nitrogens with one attached hydrogen (secondary N) is 1. The number of nitrogens with zero attached hydrogens (tertiary/aromatic N) is 3. The summed E-state index contributed by atoms with van der Waals surface area (Å²) in [5.74, 6) is -0.0491. The number of aliphatic hydroxyl groups is 2. The number of rotatable bonds is 2.